The Labute approximate surface area is 122 Å². The highest BCUT2D eigenvalue weighted by Gasteiger charge is 2.09. The minimum Gasteiger partial charge on any atom is -0.491 e. The number of carbonyl (C=O) groups excluding carboxylic acids is 1. The van der Waals surface area contributed by atoms with Gasteiger partial charge in [-0.05, 0) is 42.0 Å². The summed E-state index contributed by atoms with van der Waals surface area (Å²) in [6, 6.07) is 15.0. The Balaban J connectivity index is 1.95. The number of carbonyl (C=O) groups is 1. The lowest BCUT2D eigenvalue weighted by Gasteiger charge is -2.13. The second-order valence-corrected chi connectivity index (χ2v) is 4.45. The Hall–Kier alpha value is -2.84. The molecule has 0 saturated heterocycles. The fraction of sp³-hybridized carbons (Fsp3) is 0.125. The van der Waals surface area contributed by atoms with E-state index in [-0.39, 0.29) is 6.61 Å². The van der Waals surface area contributed by atoms with Crippen LogP contribution in [0.2, 0.25) is 0 Å². The van der Waals surface area contributed by atoms with E-state index < -0.39 is 12.0 Å². The molecule has 2 aromatic carbocycles. The van der Waals surface area contributed by atoms with Crippen molar-refractivity contribution in [3.05, 3.63) is 65.2 Å². The summed E-state index contributed by atoms with van der Waals surface area (Å²) in [4.78, 5) is 10.9. The molecule has 1 amide bonds. The van der Waals surface area contributed by atoms with Crippen LogP contribution in [0.5, 0.6) is 5.75 Å². The lowest BCUT2D eigenvalue weighted by Crippen LogP contribution is -2.11. The first-order valence-corrected chi connectivity index (χ1v) is 6.31. The van der Waals surface area contributed by atoms with Crippen LogP contribution < -0.4 is 10.5 Å². The van der Waals surface area contributed by atoms with Gasteiger partial charge in [-0.1, -0.05) is 12.1 Å². The van der Waals surface area contributed by atoms with Crippen molar-refractivity contribution in [3.63, 3.8) is 0 Å². The summed E-state index contributed by atoms with van der Waals surface area (Å²) in [5.41, 5.74) is 6.75. The number of aliphatic hydroxyl groups excluding tert-OH is 1. The molecule has 0 fully saturated rings. The summed E-state index contributed by atoms with van der Waals surface area (Å²) in [5, 5.41) is 18.7. The van der Waals surface area contributed by atoms with Crippen LogP contribution in [0, 0.1) is 11.3 Å². The van der Waals surface area contributed by atoms with Crippen molar-refractivity contribution in [2.75, 3.05) is 6.61 Å². The Morgan fingerprint density at radius 3 is 2.33 bits per heavy atom. The number of benzene rings is 2. The molecule has 0 aromatic heterocycles. The number of hydrogen-bond acceptors (Lipinski definition) is 4. The molecule has 0 saturated carbocycles. The second-order valence-electron chi connectivity index (χ2n) is 4.45. The third kappa shape index (κ3) is 3.81. The predicted molar refractivity (Wildman–Crippen MR) is 76.6 cm³/mol. The molecule has 0 aliphatic carbocycles. The average Bonchev–Trinajstić information content (AvgIpc) is 2.53. The van der Waals surface area contributed by atoms with E-state index in [1.807, 2.05) is 6.07 Å². The van der Waals surface area contributed by atoms with E-state index >= 15 is 0 Å². The summed E-state index contributed by atoms with van der Waals surface area (Å²) < 4.78 is 5.45. The molecule has 21 heavy (non-hydrogen) atoms. The van der Waals surface area contributed by atoms with Gasteiger partial charge in [-0.3, -0.25) is 4.79 Å². The first-order chi connectivity index (χ1) is 10.1. The number of primary amides is 1. The minimum atomic E-state index is -0.798. The first kappa shape index (κ1) is 14.6. The monoisotopic (exact) mass is 282 g/mol. The number of nitrogens with zero attached hydrogens (tertiary/aromatic N) is 1. The van der Waals surface area contributed by atoms with Crippen LogP contribution in [0.25, 0.3) is 0 Å². The van der Waals surface area contributed by atoms with E-state index in [0.717, 1.165) is 0 Å². The summed E-state index contributed by atoms with van der Waals surface area (Å²) in [5.74, 6) is 0.0341. The molecule has 0 aliphatic heterocycles. The summed E-state index contributed by atoms with van der Waals surface area (Å²) in [7, 11) is 0. The van der Waals surface area contributed by atoms with E-state index in [0.29, 0.717) is 22.4 Å². The molecule has 2 rings (SSSR count). The van der Waals surface area contributed by atoms with Crippen molar-refractivity contribution in [1.29, 1.82) is 5.26 Å². The Bertz CT molecular complexity index is 657. The number of aliphatic hydroxyl groups is 1. The zero-order valence-electron chi connectivity index (χ0n) is 11.2. The summed E-state index contributed by atoms with van der Waals surface area (Å²) in [6.45, 7) is 0.0712. The predicted octanol–water partition coefficient (Wildman–Crippen LogP) is 1.77. The molecule has 5 heteroatoms. The summed E-state index contributed by atoms with van der Waals surface area (Å²) >= 11 is 0. The minimum absolute atomic E-state index is 0.0712. The molecule has 2 aromatic rings. The van der Waals surface area contributed by atoms with Gasteiger partial charge in [0, 0.05) is 5.56 Å². The number of ether oxygens (including phenoxy) is 1. The van der Waals surface area contributed by atoms with E-state index in [4.69, 9.17) is 15.7 Å². The number of rotatable bonds is 5. The van der Waals surface area contributed by atoms with Crippen molar-refractivity contribution in [2.45, 2.75) is 6.10 Å². The van der Waals surface area contributed by atoms with Gasteiger partial charge in [0.15, 0.2) is 0 Å². The third-order valence-electron chi connectivity index (χ3n) is 2.97. The van der Waals surface area contributed by atoms with Crippen molar-refractivity contribution in [3.8, 4) is 11.8 Å². The SMILES string of the molecule is N#Cc1ccc(C(O)COc2ccc(C(N)=O)cc2)cc1. The molecule has 0 spiro atoms. The smallest absolute Gasteiger partial charge is 0.248 e. The zero-order chi connectivity index (χ0) is 15.2. The second kappa shape index (κ2) is 6.55. The van der Waals surface area contributed by atoms with Gasteiger partial charge in [0.05, 0.1) is 11.6 Å². The Kier molecular flexibility index (Phi) is 4.54. The number of nitriles is 1. The first-order valence-electron chi connectivity index (χ1n) is 6.31. The van der Waals surface area contributed by atoms with Crippen LogP contribution >= 0.6 is 0 Å². The van der Waals surface area contributed by atoms with Crippen molar-refractivity contribution >= 4 is 5.91 Å². The van der Waals surface area contributed by atoms with Crippen LogP contribution in [0.15, 0.2) is 48.5 Å². The van der Waals surface area contributed by atoms with Gasteiger partial charge in [0.1, 0.15) is 18.5 Å². The zero-order valence-corrected chi connectivity index (χ0v) is 11.2. The fourth-order valence-corrected chi connectivity index (χ4v) is 1.77. The lowest BCUT2D eigenvalue weighted by molar-refractivity contribution is 0.0999. The molecule has 106 valence electrons. The molecular weight excluding hydrogens is 268 g/mol. The van der Waals surface area contributed by atoms with Gasteiger partial charge >= 0.3 is 0 Å². The standard InChI is InChI=1S/C16H14N2O3/c17-9-11-1-3-12(4-2-11)15(19)10-21-14-7-5-13(6-8-14)16(18)20/h1-8,15,19H,10H2,(H2,18,20). The molecule has 0 bridgehead atoms. The maximum absolute atomic E-state index is 10.9. The quantitative estimate of drug-likeness (QED) is 0.873. The van der Waals surface area contributed by atoms with Gasteiger partial charge in [-0.15, -0.1) is 0 Å². The molecule has 1 unspecified atom stereocenters. The van der Waals surface area contributed by atoms with E-state index in [2.05, 4.69) is 0 Å². The van der Waals surface area contributed by atoms with Crippen LogP contribution in [0.3, 0.4) is 0 Å². The van der Waals surface area contributed by atoms with Crippen molar-refractivity contribution < 1.29 is 14.6 Å². The van der Waals surface area contributed by atoms with Crippen LogP contribution in [0.4, 0.5) is 0 Å². The van der Waals surface area contributed by atoms with Gasteiger partial charge in [-0.25, -0.2) is 0 Å². The molecule has 0 radical (unpaired) electrons. The number of hydrogen-bond donors (Lipinski definition) is 2. The van der Waals surface area contributed by atoms with Crippen LogP contribution in [0.1, 0.15) is 27.6 Å². The molecule has 3 N–H and O–H groups in total. The van der Waals surface area contributed by atoms with Crippen molar-refractivity contribution in [1.82, 2.24) is 0 Å². The highest BCUT2D eigenvalue weighted by Crippen LogP contribution is 2.17. The van der Waals surface area contributed by atoms with Gasteiger partial charge < -0.3 is 15.6 Å². The summed E-state index contributed by atoms with van der Waals surface area (Å²) in [6.07, 6.45) is -0.798. The van der Waals surface area contributed by atoms with E-state index in [9.17, 15) is 9.90 Å². The fourth-order valence-electron chi connectivity index (χ4n) is 1.77. The van der Waals surface area contributed by atoms with Gasteiger partial charge in [0.2, 0.25) is 5.91 Å². The third-order valence-corrected chi connectivity index (χ3v) is 2.97. The van der Waals surface area contributed by atoms with E-state index in [1.54, 1.807) is 48.5 Å². The van der Waals surface area contributed by atoms with Crippen LogP contribution in [-0.2, 0) is 0 Å². The number of amides is 1. The number of nitrogens with two attached hydrogens (primary N) is 1. The molecule has 0 heterocycles. The van der Waals surface area contributed by atoms with Gasteiger partial charge in [-0.2, -0.15) is 5.26 Å². The highest BCUT2D eigenvalue weighted by molar-refractivity contribution is 5.92. The van der Waals surface area contributed by atoms with Crippen molar-refractivity contribution in [2.24, 2.45) is 5.73 Å². The molecular formula is C16H14N2O3. The van der Waals surface area contributed by atoms with Crippen LogP contribution in [-0.4, -0.2) is 17.6 Å². The van der Waals surface area contributed by atoms with E-state index in [1.165, 1.54) is 0 Å². The van der Waals surface area contributed by atoms with Gasteiger partial charge in [0.25, 0.3) is 0 Å². The maximum atomic E-state index is 10.9. The Morgan fingerprint density at radius 1 is 1.19 bits per heavy atom. The molecule has 1 atom stereocenters. The lowest BCUT2D eigenvalue weighted by atomic mass is 10.1. The normalized spacial score (nSPS) is 11.4. The Morgan fingerprint density at radius 2 is 1.81 bits per heavy atom. The average molecular weight is 282 g/mol. The maximum Gasteiger partial charge on any atom is 0.248 e. The molecule has 5 nitrogen and oxygen atoms in total. The largest absolute Gasteiger partial charge is 0.491 e. The highest BCUT2D eigenvalue weighted by atomic mass is 16.5. The molecule has 0 aliphatic rings. The topological polar surface area (TPSA) is 96.3 Å².